The third-order valence-corrected chi connectivity index (χ3v) is 8.16. The first kappa shape index (κ1) is 20.7. The molecule has 1 aromatic heterocycles. The van der Waals surface area contributed by atoms with E-state index >= 15 is 0 Å². The fraction of sp³-hybridized carbons (Fsp3) is 0.409. The maximum absolute atomic E-state index is 13.4. The zero-order chi connectivity index (χ0) is 21.8. The second kappa shape index (κ2) is 7.28. The monoisotopic (exact) mass is 428 g/mol. The number of imidazole rings is 1. The molecule has 0 N–H and O–H groups in total. The molecule has 1 aliphatic heterocycles. The van der Waals surface area contributed by atoms with Gasteiger partial charge in [0.05, 0.1) is 15.9 Å². The summed E-state index contributed by atoms with van der Waals surface area (Å²) < 4.78 is 31.4. The number of benzene rings is 2. The van der Waals surface area contributed by atoms with Gasteiger partial charge in [0.2, 0.25) is 10.0 Å². The van der Waals surface area contributed by atoms with Gasteiger partial charge in [-0.2, -0.15) is 4.31 Å². The van der Waals surface area contributed by atoms with Gasteiger partial charge in [-0.25, -0.2) is 13.2 Å². The van der Waals surface area contributed by atoms with Gasteiger partial charge in [0.1, 0.15) is 0 Å². The zero-order valence-electron chi connectivity index (χ0n) is 18.1. The average molecular weight is 429 g/mol. The van der Waals surface area contributed by atoms with E-state index in [0.717, 1.165) is 11.2 Å². The number of aromatic nitrogens is 2. The van der Waals surface area contributed by atoms with Gasteiger partial charge in [-0.05, 0) is 50.1 Å². The predicted molar refractivity (Wildman–Crippen MR) is 120 cm³/mol. The molecule has 7 nitrogen and oxygen atoms in total. The number of hydrogen-bond donors (Lipinski definition) is 0. The first-order valence-corrected chi connectivity index (χ1v) is 11.5. The minimum Gasteiger partial charge on any atom is -0.369 e. The molecule has 2 aromatic carbocycles. The van der Waals surface area contributed by atoms with Crippen LogP contribution in [0, 0.1) is 20.8 Å². The van der Waals surface area contributed by atoms with Crippen LogP contribution in [0.25, 0.3) is 11.0 Å². The van der Waals surface area contributed by atoms with E-state index in [9.17, 15) is 13.2 Å². The SMILES string of the molecule is Cc1ccc(N2CCN(S(=O)(=O)c3cc4c(cc3C)n(C)c(=O)n4C)CC2)c(C)c1. The third kappa shape index (κ3) is 3.24. The average Bonchev–Trinajstić information content (AvgIpc) is 2.91. The van der Waals surface area contributed by atoms with Crippen molar-refractivity contribution in [1.29, 1.82) is 0 Å². The van der Waals surface area contributed by atoms with Crippen LogP contribution in [0.1, 0.15) is 16.7 Å². The van der Waals surface area contributed by atoms with Gasteiger partial charge in [0.15, 0.2) is 0 Å². The van der Waals surface area contributed by atoms with Crippen molar-refractivity contribution in [1.82, 2.24) is 13.4 Å². The lowest BCUT2D eigenvalue weighted by Crippen LogP contribution is -2.49. The molecule has 0 atom stereocenters. The van der Waals surface area contributed by atoms with Crippen LogP contribution in [0.15, 0.2) is 40.0 Å². The predicted octanol–water partition coefficient (Wildman–Crippen LogP) is 2.31. The van der Waals surface area contributed by atoms with Gasteiger partial charge in [0.25, 0.3) is 0 Å². The third-order valence-electron chi connectivity index (χ3n) is 6.12. The summed E-state index contributed by atoms with van der Waals surface area (Å²) in [7, 11) is -0.280. The van der Waals surface area contributed by atoms with Crippen molar-refractivity contribution in [2.75, 3.05) is 31.1 Å². The van der Waals surface area contributed by atoms with Gasteiger partial charge < -0.3 is 4.90 Å². The summed E-state index contributed by atoms with van der Waals surface area (Å²) in [6, 6.07) is 9.78. The van der Waals surface area contributed by atoms with Gasteiger partial charge in [-0.15, -0.1) is 0 Å². The van der Waals surface area contributed by atoms with Crippen LogP contribution in [-0.4, -0.2) is 48.0 Å². The van der Waals surface area contributed by atoms with Crippen molar-refractivity contribution < 1.29 is 8.42 Å². The molecule has 1 aliphatic rings. The van der Waals surface area contributed by atoms with E-state index in [1.54, 1.807) is 42.0 Å². The number of anilines is 1. The summed E-state index contributed by atoms with van der Waals surface area (Å²) in [4.78, 5) is 14.8. The molecule has 30 heavy (non-hydrogen) atoms. The van der Waals surface area contributed by atoms with E-state index in [1.807, 2.05) is 0 Å². The minimum atomic E-state index is -3.64. The molecule has 1 fully saturated rings. The highest BCUT2D eigenvalue weighted by atomic mass is 32.2. The van der Waals surface area contributed by atoms with Crippen LogP contribution in [-0.2, 0) is 24.1 Å². The Balaban J connectivity index is 1.63. The highest BCUT2D eigenvalue weighted by Gasteiger charge is 2.31. The lowest BCUT2D eigenvalue weighted by Gasteiger charge is -2.36. The molecule has 0 bridgehead atoms. The van der Waals surface area contributed by atoms with E-state index in [2.05, 4.69) is 36.9 Å². The standard InChI is InChI=1S/C22H28N4O3S/c1-15-6-7-18(16(2)12-15)25-8-10-26(11-9-25)30(28,29)21-14-20-19(13-17(21)3)23(4)22(27)24(20)5/h6-7,12-14H,8-11H2,1-5H3. The molecular weight excluding hydrogens is 400 g/mol. The Labute approximate surface area is 177 Å². The van der Waals surface area contributed by atoms with Gasteiger partial charge in [0, 0.05) is 46.0 Å². The van der Waals surface area contributed by atoms with Crippen LogP contribution in [0.3, 0.4) is 0 Å². The minimum absolute atomic E-state index is 0.166. The molecule has 0 saturated carbocycles. The van der Waals surface area contributed by atoms with Crippen LogP contribution < -0.4 is 10.6 Å². The number of rotatable bonds is 3. The number of hydrogen-bond acceptors (Lipinski definition) is 4. The van der Waals surface area contributed by atoms with Gasteiger partial charge in [-0.1, -0.05) is 17.7 Å². The fourth-order valence-corrected chi connectivity index (χ4v) is 6.03. The van der Waals surface area contributed by atoms with Crippen LogP contribution in [0.5, 0.6) is 0 Å². The maximum Gasteiger partial charge on any atom is 0.328 e. The van der Waals surface area contributed by atoms with Crippen molar-refractivity contribution in [2.24, 2.45) is 14.1 Å². The summed E-state index contributed by atoms with van der Waals surface area (Å²) in [6.07, 6.45) is 0. The van der Waals surface area contributed by atoms with Gasteiger partial charge in [-0.3, -0.25) is 9.13 Å². The van der Waals surface area contributed by atoms with Crippen molar-refractivity contribution in [3.63, 3.8) is 0 Å². The summed E-state index contributed by atoms with van der Waals surface area (Å²) in [6.45, 7) is 8.11. The van der Waals surface area contributed by atoms with Gasteiger partial charge >= 0.3 is 5.69 Å². The lowest BCUT2D eigenvalue weighted by molar-refractivity contribution is 0.384. The summed E-state index contributed by atoms with van der Waals surface area (Å²) in [5.74, 6) is 0. The Morgan fingerprint density at radius 2 is 1.40 bits per heavy atom. The number of sulfonamides is 1. The Bertz CT molecular complexity index is 1300. The molecule has 0 spiro atoms. The first-order chi connectivity index (χ1) is 14.1. The Kier molecular flexibility index (Phi) is 5.02. The van der Waals surface area contributed by atoms with E-state index in [0.29, 0.717) is 37.3 Å². The van der Waals surface area contributed by atoms with E-state index in [4.69, 9.17) is 0 Å². The molecule has 160 valence electrons. The number of nitrogens with zero attached hydrogens (tertiary/aromatic N) is 4. The molecule has 0 amide bonds. The highest BCUT2D eigenvalue weighted by Crippen LogP contribution is 2.28. The normalized spacial score (nSPS) is 15.8. The molecular formula is C22H28N4O3S. The maximum atomic E-state index is 13.4. The van der Waals surface area contributed by atoms with Crippen LogP contribution >= 0.6 is 0 Å². The molecule has 4 rings (SSSR count). The lowest BCUT2D eigenvalue weighted by atomic mass is 10.1. The van der Waals surface area contributed by atoms with Crippen LogP contribution in [0.2, 0.25) is 0 Å². The van der Waals surface area contributed by atoms with Crippen molar-refractivity contribution in [2.45, 2.75) is 25.7 Å². The largest absolute Gasteiger partial charge is 0.369 e. The Morgan fingerprint density at radius 3 is 2.00 bits per heavy atom. The molecule has 0 aliphatic carbocycles. The van der Waals surface area contributed by atoms with Crippen molar-refractivity contribution in [3.05, 3.63) is 57.5 Å². The topological polar surface area (TPSA) is 67.6 Å². The van der Waals surface area contributed by atoms with E-state index in [1.165, 1.54) is 15.7 Å². The molecule has 3 aromatic rings. The molecule has 1 saturated heterocycles. The second-order valence-electron chi connectivity index (χ2n) is 8.19. The molecule has 2 heterocycles. The number of fused-ring (bicyclic) bond motifs is 1. The summed E-state index contributed by atoms with van der Waals surface area (Å²) >= 11 is 0. The Morgan fingerprint density at radius 1 is 0.800 bits per heavy atom. The van der Waals surface area contributed by atoms with E-state index in [-0.39, 0.29) is 10.6 Å². The van der Waals surface area contributed by atoms with Crippen LogP contribution in [0.4, 0.5) is 5.69 Å². The second-order valence-corrected chi connectivity index (χ2v) is 10.1. The highest BCUT2D eigenvalue weighted by molar-refractivity contribution is 7.89. The molecule has 0 radical (unpaired) electrons. The van der Waals surface area contributed by atoms with E-state index < -0.39 is 10.0 Å². The summed E-state index contributed by atoms with van der Waals surface area (Å²) in [5.41, 5.74) is 5.44. The number of aryl methyl sites for hydroxylation is 5. The number of piperazine rings is 1. The smallest absolute Gasteiger partial charge is 0.328 e. The quantitative estimate of drug-likeness (QED) is 0.642. The first-order valence-electron chi connectivity index (χ1n) is 10.1. The molecule has 0 unspecified atom stereocenters. The van der Waals surface area contributed by atoms with Crippen molar-refractivity contribution >= 4 is 26.7 Å². The fourth-order valence-electron chi connectivity index (χ4n) is 4.38. The Hall–Kier alpha value is -2.58. The zero-order valence-corrected chi connectivity index (χ0v) is 19.0. The molecule has 8 heteroatoms. The van der Waals surface area contributed by atoms with Crippen molar-refractivity contribution in [3.8, 4) is 0 Å². The summed E-state index contributed by atoms with van der Waals surface area (Å²) in [5, 5.41) is 0.